The van der Waals surface area contributed by atoms with E-state index in [4.69, 9.17) is 0 Å². The minimum Gasteiger partial charge on any atom is -0.315 e. The summed E-state index contributed by atoms with van der Waals surface area (Å²) < 4.78 is 3.09. The van der Waals surface area contributed by atoms with Crippen LogP contribution in [0.2, 0.25) is 0 Å². The van der Waals surface area contributed by atoms with Crippen LogP contribution in [0.1, 0.15) is 19.4 Å². The minimum absolute atomic E-state index is 0.696. The van der Waals surface area contributed by atoms with Crippen molar-refractivity contribution in [1.82, 2.24) is 4.98 Å². The van der Waals surface area contributed by atoms with E-state index in [0.717, 1.165) is 12.2 Å². The molecule has 0 aliphatic heterocycles. The third kappa shape index (κ3) is 3.68. The van der Waals surface area contributed by atoms with E-state index in [2.05, 4.69) is 29.6 Å². The fourth-order valence-electron chi connectivity index (χ4n) is 1.18. The van der Waals surface area contributed by atoms with Crippen LogP contribution in [0.5, 0.6) is 0 Å². The minimum atomic E-state index is 0.696. The van der Waals surface area contributed by atoms with E-state index >= 15 is 0 Å². The second-order valence-corrected chi connectivity index (χ2v) is 4.07. The highest BCUT2D eigenvalue weighted by molar-refractivity contribution is 7.99. The van der Waals surface area contributed by atoms with Crippen LogP contribution in [-0.2, 0) is 6.42 Å². The van der Waals surface area contributed by atoms with Crippen LogP contribution in [0, 0.1) is 5.92 Å². The summed E-state index contributed by atoms with van der Waals surface area (Å²) in [5, 5.41) is 0. The zero-order valence-electron chi connectivity index (χ0n) is 8.37. The van der Waals surface area contributed by atoms with Crippen molar-refractivity contribution >= 4 is 17.8 Å². The summed E-state index contributed by atoms with van der Waals surface area (Å²) in [6.07, 6.45) is 5.04. The van der Waals surface area contributed by atoms with E-state index in [1.165, 1.54) is 5.56 Å². The van der Waals surface area contributed by atoms with Gasteiger partial charge in [0, 0.05) is 12.5 Å². The molecule has 2 nitrogen and oxygen atoms in total. The number of aromatic nitrogens is 1. The Hall–Kier alpha value is -0.700. The van der Waals surface area contributed by atoms with Gasteiger partial charge in [0.25, 0.3) is 0 Å². The maximum absolute atomic E-state index is 4.29. The summed E-state index contributed by atoms with van der Waals surface area (Å²) in [6.45, 7) is 4.43. The Morgan fingerprint density at radius 3 is 2.69 bits per heavy atom. The standard InChI is InChI=1S/C10H16N2S/c1-8(2)6-9-4-5-10(11-7-9)12-13-3/h4-5,7-8H,6H2,1-3H3,(H,11,12). The summed E-state index contributed by atoms with van der Waals surface area (Å²) in [7, 11) is 0. The summed E-state index contributed by atoms with van der Waals surface area (Å²) in [5.41, 5.74) is 1.31. The molecule has 13 heavy (non-hydrogen) atoms. The fourth-order valence-corrected chi connectivity index (χ4v) is 1.51. The largest absolute Gasteiger partial charge is 0.315 e. The third-order valence-electron chi connectivity index (χ3n) is 1.68. The van der Waals surface area contributed by atoms with Crippen molar-refractivity contribution in [3.05, 3.63) is 23.9 Å². The molecule has 0 aromatic carbocycles. The Morgan fingerprint density at radius 1 is 1.46 bits per heavy atom. The lowest BCUT2D eigenvalue weighted by molar-refractivity contribution is 0.646. The zero-order valence-corrected chi connectivity index (χ0v) is 9.19. The van der Waals surface area contributed by atoms with Crippen molar-refractivity contribution in [3.63, 3.8) is 0 Å². The monoisotopic (exact) mass is 196 g/mol. The van der Waals surface area contributed by atoms with Gasteiger partial charge in [0.1, 0.15) is 5.82 Å². The van der Waals surface area contributed by atoms with E-state index in [1.807, 2.05) is 18.5 Å². The molecule has 0 saturated carbocycles. The zero-order chi connectivity index (χ0) is 9.68. The Bertz CT molecular complexity index is 244. The normalized spacial score (nSPS) is 10.5. The van der Waals surface area contributed by atoms with Gasteiger partial charge in [-0.15, -0.1) is 0 Å². The van der Waals surface area contributed by atoms with Crippen molar-refractivity contribution < 1.29 is 0 Å². The van der Waals surface area contributed by atoms with Crippen LogP contribution < -0.4 is 4.72 Å². The first-order chi connectivity index (χ1) is 6.22. The number of hydrogen-bond donors (Lipinski definition) is 1. The van der Waals surface area contributed by atoms with Gasteiger partial charge in [-0.3, -0.25) is 0 Å². The van der Waals surface area contributed by atoms with Gasteiger partial charge >= 0.3 is 0 Å². The molecule has 1 aromatic heterocycles. The first-order valence-electron chi connectivity index (χ1n) is 4.46. The van der Waals surface area contributed by atoms with Crippen molar-refractivity contribution in [3.8, 4) is 0 Å². The number of anilines is 1. The van der Waals surface area contributed by atoms with Gasteiger partial charge in [0.15, 0.2) is 0 Å². The van der Waals surface area contributed by atoms with Crippen LogP contribution in [0.4, 0.5) is 5.82 Å². The molecule has 0 fully saturated rings. The number of nitrogens with one attached hydrogen (secondary N) is 1. The molecule has 0 saturated heterocycles. The summed E-state index contributed by atoms with van der Waals surface area (Å²) in [5.74, 6) is 1.63. The number of pyridine rings is 1. The van der Waals surface area contributed by atoms with E-state index in [9.17, 15) is 0 Å². The molecular formula is C10H16N2S. The molecule has 3 heteroatoms. The lowest BCUT2D eigenvalue weighted by Gasteiger charge is -2.05. The summed E-state index contributed by atoms with van der Waals surface area (Å²) >= 11 is 1.56. The highest BCUT2D eigenvalue weighted by atomic mass is 32.2. The molecule has 0 aliphatic carbocycles. The predicted molar refractivity (Wildman–Crippen MR) is 59.9 cm³/mol. The Labute approximate surface area is 84.3 Å². The van der Waals surface area contributed by atoms with Gasteiger partial charge in [0.2, 0.25) is 0 Å². The molecule has 1 N–H and O–H groups in total. The van der Waals surface area contributed by atoms with E-state index in [-0.39, 0.29) is 0 Å². The van der Waals surface area contributed by atoms with Crippen LogP contribution in [-0.4, -0.2) is 11.2 Å². The molecule has 1 aromatic rings. The van der Waals surface area contributed by atoms with Crippen LogP contribution >= 0.6 is 11.9 Å². The topological polar surface area (TPSA) is 24.9 Å². The third-order valence-corrected chi connectivity index (χ3v) is 2.09. The van der Waals surface area contributed by atoms with Crippen molar-refractivity contribution in [1.29, 1.82) is 0 Å². The molecule has 0 unspecified atom stereocenters. The van der Waals surface area contributed by atoms with Crippen molar-refractivity contribution in [2.75, 3.05) is 11.0 Å². The maximum atomic E-state index is 4.29. The Morgan fingerprint density at radius 2 is 2.23 bits per heavy atom. The van der Waals surface area contributed by atoms with Gasteiger partial charge in [-0.05, 0) is 24.0 Å². The smallest absolute Gasteiger partial charge is 0.135 e. The highest BCUT2D eigenvalue weighted by Gasteiger charge is 1.98. The molecule has 1 rings (SSSR count). The number of rotatable bonds is 4. The first-order valence-corrected chi connectivity index (χ1v) is 5.68. The van der Waals surface area contributed by atoms with Crippen LogP contribution in [0.15, 0.2) is 18.3 Å². The van der Waals surface area contributed by atoms with Crippen molar-refractivity contribution in [2.24, 2.45) is 5.92 Å². The van der Waals surface area contributed by atoms with Crippen LogP contribution in [0.25, 0.3) is 0 Å². The number of nitrogens with zero attached hydrogens (tertiary/aromatic N) is 1. The van der Waals surface area contributed by atoms with Gasteiger partial charge in [-0.2, -0.15) is 0 Å². The lowest BCUT2D eigenvalue weighted by atomic mass is 10.1. The second-order valence-electron chi connectivity index (χ2n) is 3.46. The molecule has 0 amide bonds. The van der Waals surface area contributed by atoms with Gasteiger partial charge in [-0.1, -0.05) is 31.9 Å². The lowest BCUT2D eigenvalue weighted by Crippen LogP contribution is -1.96. The molecular weight excluding hydrogens is 180 g/mol. The average molecular weight is 196 g/mol. The van der Waals surface area contributed by atoms with E-state index in [0.29, 0.717) is 5.92 Å². The quantitative estimate of drug-likeness (QED) is 0.749. The molecule has 0 radical (unpaired) electrons. The Kier molecular flexibility index (Phi) is 4.09. The Balaban J connectivity index is 2.59. The molecule has 0 spiro atoms. The first kappa shape index (κ1) is 10.4. The number of hydrogen-bond acceptors (Lipinski definition) is 3. The van der Waals surface area contributed by atoms with Crippen molar-refractivity contribution in [2.45, 2.75) is 20.3 Å². The van der Waals surface area contributed by atoms with Crippen LogP contribution in [0.3, 0.4) is 0 Å². The fraction of sp³-hybridized carbons (Fsp3) is 0.500. The summed E-state index contributed by atoms with van der Waals surface area (Å²) in [6, 6.07) is 4.15. The van der Waals surface area contributed by atoms with Gasteiger partial charge in [-0.25, -0.2) is 4.98 Å². The SMILES string of the molecule is CSNc1ccc(CC(C)C)cn1. The molecule has 0 bridgehead atoms. The molecule has 0 atom stereocenters. The van der Waals surface area contributed by atoms with Gasteiger partial charge in [0.05, 0.1) is 0 Å². The summed E-state index contributed by atoms with van der Waals surface area (Å²) in [4.78, 5) is 4.29. The van der Waals surface area contributed by atoms with E-state index in [1.54, 1.807) is 11.9 Å². The van der Waals surface area contributed by atoms with Gasteiger partial charge < -0.3 is 4.72 Å². The second kappa shape index (κ2) is 5.12. The molecule has 1 heterocycles. The average Bonchev–Trinajstić information content (AvgIpc) is 2.08. The van der Waals surface area contributed by atoms with E-state index < -0.39 is 0 Å². The molecule has 72 valence electrons. The molecule has 0 aliphatic rings. The highest BCUT2D eigenvalue weighted by Crippen LogP contribution is 2.11. The maximum Gasteiger partial charge on any atom is 0.135 e. The predicted octanol–water partition coefficient (Wildman–Crippen LogP) is 2.97.